The summed E-state index contributed by atoms with van der Waals surface area (Å²) in [7, 11) is 1.57. The highest BCUT2D eigenvalue weighted by atomic mass is 16.6. The van der Waals surface area contributed by atoms with Crippen molar-refractivity contribution in [2.24, 2.45) is 23.2 Å². The van der Waals surface area contributed by atoms with E-state index in [0.717, 1.165) is 50.8 Å². The molecule has 1 N–H and O–H groups in total. The first kappa shape index (κ1) is 25.8. The van der Waals surface area contributed by atoms with Crippen molar-refractivity contribution in [2.45, 2.75) is 110 Å². The lowest BCUT2D eigenvalue weighted by atomic mass is 9.71. The van der Waals surface area contributed by atoms with E-state index in [-0.39, 0.29) is 30.0 Å². The minimum Gasteiger partial charge on any atom is -0.492 e. The van der Waals surface area contributed by atoms with E-state index >= 15 is 0 Å². The molecule has 0 spiro atoms. The van der Waals surface area contributed by atoms with Gasteiger partial charge < -0.3 is 19.3 Å². The summed E-state index contributed by atoms with van der Waals surface area (Å²) in [5, 5.41) is 11.5. The van der Waals surface area contributed by atoms with E-state index in [9.17, 15) is 9.90 Å². The van der Waals surface area contributed by atoms with Crippen LogP contribution in [0.2, 0.25) is 0 Å². The molecule has 3 fully saturated rings. The smallest absolute Gasteiger partial charge is 0.343 e. The molecule has 6 heteroatoms. The Bertz CT molecular complexity index is 956. The Morgan fingerprint density at radius 2 is 1.94 bits per heavy atom. The third-order valence-corrected chi connectivity index (χ3v) is 10.2. The molecule has 36 heavy (non-hydrogen) atoms. The molecular formula is C30H45NO5. The van der Waals surface area contributed by atoms with Gasteiger partial charge >= 0.3 is 5.97 Å². The van der Waals surface area contributed by atoms with Crippen molar-refractivity contribution in [1.29, 1.82) is 0 Å². The van der Waals surface area contributed by atoms with Crippen molar-refractivity contribution in [3.05, 3.63) is 34.7 Å². The minimum atomic E-state index is -0.366. The number of esters is 1. The second-order valence-electron chi connectivity index (χ2n) is 12.2. The van der Waals surface area contributed by atoms with Gasteiger partial charge in [0.1, 0.15) is 5.76 Å². The van der Waals surface area contributed by atoms with Crippen molar-refractivity contribution in [3.63, 3.8) is 0 Å². The first-order valence-corrected chi connectivity index (χ1v) is 14.3. The lowest BCUT2D eigenvalue weighted by Crippen LogP contribution is -2.54. The fourth-order valence-electron chi connectivity index (χ4n) is 7.96. The highest BCUT2D eigenvalue weighted by Gasteiger charge is 2.50. The van der Waals surface area contributed by atoms with Crippen LogP contribution in [0.1, 0.15) is 91.9 Å². The molecule has 0 aromatic heterocycles. The van der Waals surface area contributed by atoms with Crippen LogP contribution in [0, 0.1) is 23.2 Å². The number of fused-ring (bicyclic) bond motifs is 3. The van der Waals surface area contributed by atoms with E-state index in [1.807, 2.05) is 0 Å². The number of ether oxygens (including phenoxy) is 3. The number of hydrogen-bond donors (Lipinski definition) is 1. The number of carbonyl (C=O) groups excluding carboxylic acids is 1. The Labute approximate surface area is 216 Å². The molecule has 4 aliphatic heterocycles. The van der Waals surface area contributed by atoms with Crippen molar-refractivity contribution in [2.75, 3.05) is 13.7 Å². The van der Waals surface area contributed by atoms with E-state index in [2.05, 4.69) is 31.7 Å². The molecule has 0 radical (unpaired) electrons. The fraction of sp³-hybridized carbons (Fsp3) is 0.767. The largest absolute Gasteiger partial charge is 0.492 e. The highest BCUT2D eigenvalue weighted by molar-refractivity contribution is 5.93. The predicted molar refractivity (Wildman–Crippen MR) is 138 cm³/mol. The third kappa shape index (κ3) is 4.32. The normalized spacial score (nSPS) is 35.2. The van der Waals surface area contributed by atoms with E-state index in [0.29, 0.717) is 40.2 Å². The van der Waals surface area contributed by atoms with Gasteiger partial charge in [-0.25, -0.2) is 4.79 Å². The van der Waals surface area contributed by atoms with Crippen LogP contribution in [-0.4, -0.2) is 47.8 Å². The summed E-state index contributed by atoms with van der Waals surface area (Å²) < 4.78 is 17.6. The van der Waals surface area contributed by atoms with Crippen LogP contribution < -0.4 is 0 Å². The van der Waals surface area contributed by atoms with Crippen LogP contribution in [-0.2, 0) is 19.0 Å². The van der Waals surface area contributed by atoms with Crippen LogP contribution in [0.3, 0.4) is 0 Å². The van der Waals surface area contributed by atoms with Gasteiger partial charge in [-0.1, -0.05) is 40.0 Å². The van der Waals surface area contributed by atoms with E-state index in [4.69, 9.17) is 14.2 Å². The minimum absolute atomic E-state index is 0.0688. The molecule has 0 bridgehead atoms. The SMILES string of the molecule is COC1=C(C)C(=O)O/C1=C1/OC2=CCCN3[C@@H](CCC[C@H]3[C@@H](O)CCC3(C(C)C)CCCC3)[C@H]2[C@@H]1C. The lowest BCUT2D eigenvalue weighted by molar-refractivity contribution is -0.133. The van der Waals surface area contributed by atoms with Gasteiger partial charge in [0, 0.05) is 30.5 Å². The summed E-state index contributed by atoms with van der Waals surface area (Å²) in [6, 6.07) is 0.519. The Kier molecular flexibility index (Phi) is 7.30. The van der Waals surface area contributed by atoms with Crippen LogP contribution >= 0.6 is 0 Å². The Morgan fingerprint density at radius 3 is 2.64 bits per heavy atom. The van der Waals surface area contributed by atoms with Gasteiger partial charge in [-0.2, -0.15) is 0 Å². The summed E-state index contributed by atoms with van der Waals surface area (Å²) in [4.78, 5) is 14.9. The monoisotopic (exact) mass is 499 g/mol. The zero-order valence-electron chi connectivity index (χ0n) is 22.8. The van der Waals surface area contributed by atoms with E-state index in [1.165, 1.54) is 25.7 Å². The number of cyclic esters (lactones) is 1. The van der Waals surface area contributed by atoms with Gasteiger partial charge in [0.15, 0.2) is 11.5 Å². The molecule has 0 aromatic rings. The van der Waals surface area contributed by atoms with Gasteiger partial charge in [0.05, 0.1) is 18.8 Å². The molecule has 1 aliphatic carbocycles. The number of nitrogens with zero attached hydrogens (tertiary/aromatic N) is 1. The maximum absolute atomic E-state index is 12.3. The van der Waals surface area contributed by atoms with Crippen molar-refractivity contribution < 1.29 is 24.1 Å². The van der Waals surface area contributed by atoms with Gasteiger partial charge in [-0.3, -0.25) is 4.90 Å². The first-order valence-electron chi connectivity index (χ1n) is 14.3. The summed E-state index contributed by atoms with van der Waals surface area (Å²) >= 11 is 0. The van der Waals surface area contributed by atoms with E-state index < -0.39 is 0 Å². The van der Waals surface area contributed by atoms with Crippen LogP contribution in [0.15, 0.2) is 34.7 Å². The molecule has 0 unspecified atom stereocenters. The topological polar surface area (TPSA) is 68.2 Å². The number of rotatable bonds is 6. The van der Waals surface area contributed by atoms with Crippen molar-refractivity contribution >= 4 is 5.97 Å². The van der Waals surface area contributed by atoms with Crippen LogP contribution in [0.4, 0.5) is 0 Å². The number of carbonyl (C=O) groups is 1. The number of allylic oxidation sites excluding steroid dienone is 1. The van der Waals surface area contributed by atoms with Crippen molar-refractivity contribution in [3.8, 4) is 0 Å². The molecule has 200 valence electrons. The van der Waals surface area contributed by atoms with Crippen LogP contribution in [0.25, 0.3) is 0 Å². The maximum atomic E-state index is 12.3. The molecule has 5 atom stereocenters. The fourth-order valence-corrected chi connectivity index (χ4v) is 7.96. The second kappa shape index (κ2) is 10.2. The average molecular weight is 500 g/mol. The number of methoxy groups -OCH3 is 1. The molecule has 5 aliphatic rings. The zero-order chi connectivity index (χ0) is 25.6. The summed E-state index contributed by atoms with van der Waals surface area (Å²) in [5.74, 6) is 3.20. The quantitative estimate of drug-likeness (QED) is 0.464. The predicted octanol–water partition coefficient (Wildman–Crippen LogP) is 5.83. The van der Waals surface area contributed by atoms with Gasteiger partial charge in [-0.05, 0) is 69.3 Å². The Balaban J connectivity index is 1.35. The Hall–Kier alpha value is -1.79. The first-order chi connectivity index (χ1) is 17.3. The lowest BCUT2D eigenvalue weighted by Gasteiger charge is -2.46. The van der Waals surface area contributed by atoms with E-state index in [1.54, 1.807) is 14.0 Å². The number of piperidine rings is 1. The molecule has 5 rings (SSSR count). The number of aliphatic hydroxyl groups is 1. The summed E-state index contributed by atoms with van der Waals surface area (Å²) in [5.41, 5.74) is 0.904. The summed E-state index contributed by atoms with van der Waals surface area (Å²) in [6.07, 6.45) is 13.5. The maximum Gasteiger partial charge on any atom is 0.343 e. The van der Waals surface area contributed by atoms with Crippen LogP contribution in [0.5, 0.6) is 0 Å². The van der Waals surface area contributed by atoms with Crippen molar-refractivity contribution in [1.82, 2.24) is 4.90 Å². The third-order valence-electron chi connectivity index (χ3n) is 10.2. The van der Waals surface area contributed by atoms with Gasteiger partial charge in [0.25, 0.3) is 0 Å². The Morgan fingerprint density at radius 1 is 1.19 bits per heavy atom. The molecule has 1 saturated carbocycles. The average Bonchev–Trinajstić information content (AvgIpc) is 3.51. The summed E-state index contributed by atoms with van der Waals surface area (Å²) in [6.45, 7) is 9.61. The zero-order valence-corrected chi connectivity index (χ0v) is 22.8. The van der Waals surface area contributed by atoms with Gasteiger partial charge in [-0.15, -0.1) is 0 Å². The molecular weight excluding hydrogens is 454 g/mol. The second-order valence-corrected chi connectivity index (χ2v) is 12.2. The molecule has 0 aromatic carbocycles. The highest BCUT2D eigenvalue weighted by Crippen LogP contribution is 2.51. The number of hydrogen-bond acceptors (Lipinski definition) is 6. The standard InChI is InChI=1S/C30H45NO5/c1-18(2)30(14-6-7-15-30)16-13-23(32)21-10-8-11-22-25-19(3)27(35-24(25)12-9-17-31(21)22)28-26(34-5)20(4)29(33)36-28/h12,18-19,21-23,25,32H,6-11,13-17H2,1-5H3/b28-27+/t19-,21-,22-,23-,25+/m0/s1. The molecule has 0 amide bonds. The number of aliphatic hydroxyl groups excluding tert-OH is 1. The molecule has 6 nitrogen and oxygen atoms in total. The van der Waals surface area contributed by atoms with Gasteiger partial charge in [0.2, 0.25) is 5.76 Å². The molecule has 2 saturated heterocycles. The molecule has 4 heterocycles.